The van der Waals surface area contributed by atoms with Crippen molar-refractivity contribution in [3.05, 3.63) is 41.6 Å². The van der Waals surface area contributed by atoms with Crippen molar-refractivity contribution in [2.45, 2.75) is 38.6 Å². The van der Waals surface area contributed by atoms with Crippen LogP contribution in [-0.4, -0.2) is 63.8 Å². The van der Waals surface area contributed by atoms with E-state index in [9.17, 15) is 9.59 Å². The van der Waals surface area contributed by atoms with Crippen molar-refractivity contribution in [2.24, 2.45) is 0 Å². The summed E-state index contributed by atoms with van der Waals surface area (Å²) in [6, 6.07) is 5.47. The van der Waals surface area contributed by atoms with Crippen molar-refractivity contribution < 1.29 is 14.0 Å². The van der Waals surface area contributed by atoms with Gasteiger partial charge in [-0.25, -0.2) is 9.97 Å². The maximum atomic E-state index is 12.9. The molecule has 2 aromatic heterocycles. The maximum Gasteiger partial charge on any atom is 0.289 e. The molecule has 2 amide bonds. The van der Waals surface area contributed by atoms with Crippen LogP contribution < -0.4 is 5.32 Å². The van der Waals surface area contributed by atoms with Crippen LogP contribution in [0.5, 0.6) is 0 Å². The molecular formula is C20H25N5O3. The number of anilines is 1. The third-order valence-electron chi connectivity index (χ3n) is 5.35. The predicted molar refractivity (Wildman–Crippen MR) is 103 cm³/mol. The molecule has 2 fully saturated rings. The number of nitrogens with zero attached hydrogens (tertiary/aromatic N) is 4. The first-order valence-corrected chi connectivity index (χ1v) is 9.84. The number of carbonyl (C=O) groups excluding carboxylic acids is 2. The normalized spacial score (nSPS) is 17.8. The van der Waals surface area contributed by atoms with Crippen LogP contribution in [0, 0.1) is 6.92 Å². The number of hydrogen-bond acceptors (Lipinski definition) is 6. The zero-order chi connectivity index (χ0) is 19.5. The van der Waals surface area contributed by atoms with E-state index >= 15 is 0 Å². The Hall–Kier alpha value is -2.90. The van der Waals surface area contributed by atoms with Crippen LogP contribution in [0.15, 0.2) is 28.9 Å². The monoisotopic (exact) mass is 383 g/mol. The standard InChI is InChI=1S/C20H25N5O3/c1-14-13-16(23-20(21-14)22-15-5-2-3-6-15)18(26)24-8-10-25(11-9-24)19(27)17-7-4-12-28-17/h4,7,12-13,15H,2-3,5-6,8-11H2,1H3,(H,21,22,23). The fraction of sp³-hybridized carbons (Fsp3) is 0.500. The average Bonchev–Trinajstić information content (AvgIpc) is 3.41. The van der Waals surface area contributed by atoms with E-state index in [1.54, 1.807) is 28.0 Å². The molecule has 8 heteroatoms. The molecule has 3 heterocycles. The molecule has 1 aliphatic heterocycles. The van der Waals surface area contributed by atoms with Crippen LogP contribution in [0.3, 0.4) is 0 Å². The summed E-state index contributed by atoms with van der Waals surface area (Å²) in [6.07, 6.45) is 6.16. The molecule has 0 atom stereocenters. The molecule has 0 bridgehead atoms. The van der Waals surface area contributed by atoms with E-state index in [1.807, 2.05) is 6.92 Å². The van der Waals surface area contributed by atoms with Gasteiger partial charge in [-0.05, 0) is 38.0 Å². The van der Waals surface area contributed by atoms with Gasteiger partial charge < -0.3 is 19.5 Å². The second-order valence-corrected chi connectivity index (χ2v) is 7.41. The molecule has 1 aliphatic carbocycles. The van der Waals surface area contributed by atoms with Gasteiger partial charge in [0.05, 0.1) is 6.26 Å². The van der Waals surface area contributed by atoms with E-state index in [0.29, 0.717) is 49.6 Å². The Bertz CT molecular complexity index is 838. The summed E-state index contributed by atoms with van der Waals surface area (Å²) in [6.45, 7) is 3.77. The van der Waals surface area contributed by atoms with Gasteiger partial charge in [-0.2, -0.15) is 0 Å². The van der Waals surface area contributed by atoms with Gasteiger partial charge in [-0.1, -0.05) is 12.8 Å². The van der Waals surface area contributed by atoms with E-state index in [2.05, 4.69) is 15.3 Å². The highest BCUT2D eigenvalue weighted by Gasteiger charge is 2.27. The summed E-state index contributed by atoms with van der Waals surface area (Å²) in [4.78, 5) is 37.6. The highest BCUT2D eigenvalue weighted by molar-refractivity contribution is 5.94. The van der Waals surface area contributed by atoms with Gasteiger partial charge in [-0.15, -0.1) is 0 Å². The molecule has 2 aliphatic rings. The molecule has 4 rings (SSSR count). The summed E-state index contributed by atoms with van der Waals surface area (Å²) in [7, 11) is 0. The number of rotatable bonds is 4. The SMILES string of the molecule is Cc1cc(C(=O)N2CCN(C(=O)c3ccco3)CC2)nc(NC2CCCC2)n1. The molecule has 0 aromatic carbocycles. The Morgan fingerprint density at radius 3 is 2.39 bits per heavy atom. The molecule has 148 valence electrons. The number of amides is 2. The van der Waals surface area contributed by atoms with E-state index in [0.717, 1.165) is 18.5 Å². The summed E-state index contributed by atoms with van der Waals surface area (Å²) < 4.78 is 5.18. The molecule has 28 heavy (non-hydrogen) atoms. The number of piperazine rings is 1. The van der Waals surface area contributed by atoms with Gasteiger partial charge in [0.1, 0.15) is 5.69 Å². The summed E-state index contributed by atoms with van der Waals surface area (Å²) in [5, 5.41) is 3.36. The van der Waals surface area contributed by atoms with Gasteiger partial charge in [0.2, 0.25) is 5.95 Å². The van der Waals surface area contributed by atoms with E-state index in [4.69, 9.17) is 4.42 Å². The molecular weight excluding hydrogens is 358 g/mol. The molecule has 0 unspecified atom stereocenters. The average molecular weight is 383 g/mol. The molecule has 1 saturated heterocycles. The minimum Gasteiger partial charge on any atom is -0.459 e. The zero-order valence-electron chi connectivity index (χ0n) is 16.1. The fourth-order valence-corrected chi connectivity index (χ4v) is 3.83. The Morgan fingerprint density at radius 1 is 1.07 bits per heavy atom. The molecule has 1 saturated carbocycles. The topological polar surface area (TPSA) is 91.6 Å². The lowest BCUT2D eigenvalue weighted by molar-refractivity contribution is 0.0515. The summed E-state index contributed by atoms with van der Waals surface area (Å²) >= 11 is 0. The first kappa shape index (κ1) is 18.5. The summed E-state index contributed by atoms with van der Waals surface area (Å²) in [5.41, 5.74) is 1.17. The van der Waals surface area contributed by atoms with Crippen LogP contribution in [0.2, 0.25) is 0 Å². The van der Waals surface area contributed by atoms with Crippen molar-refractivity contribution in [3.8, 4) is 0 Å². The largest absolute Gasteiger partial charge is 0.459 e. The van der Waals surface area contributed by atoms with E-state index in [1.165, 1.54) is 19.1 Å². The zero-order valence-corrected chi connectivity index (χ0v) is 16.1. The number of hydrogen-bond donors (Lipinski definition) is 1. The number of furan rings is 1. The molecule has 0 radical (unpaired) electrons. The lowest BCUT2D eigenvalue weighted by Gasteiger charge is -2.34. The number of aromatic nitrogens is 2. The Labute approximate surface area is 163 Å². The second-order valence-electron chi connectivity index (χ2n) is 7.41. The van der Waals surface area contributed by atoms with Gasteiger partial charge >= 0.3 is 0 Å². The van der Waals surface area contributed by atoms with Crippen LogP contribution in [0.4, 0.5) is 5.95 Å². The van der Waals surface area contributed by atoms with Gasteiger partial charge in [0.25, 0.3) is 11.8 Å². The summed E-state index contributed by atoms with van der Waals surface area (Å²) in [5.74, 6) is 0.596. The Kier molecular flexibility index (Phi) is 5.27. The lowest BCUT2D eigenvalue weighted by atomic mass is 10.2. The smallest absolute Gasteiger partial charge is 0.289 e. The minimum absolute atomic E-state index is 0.120. The van der Waals surface area contributed by atoms with E-state index in [-0.39, 0.29) is 11.8 Å². The quantitative estimate of drug-likeness (QED) is 0.871. The highest BCUT2D eigenvalue weighted by Crippen LogP contribution is 2.21. The van der Waals surface area contributed by atoms with Crippen molar-refractivity contribution in [2.75, 3.05) is 31.5 Å². The van der Waals surface area contributed by atoms with Crippen LogP contribution >= 0.6 is 0 Å². The van der Waals surface area contributed by atoms with Gasteiger partial charge in [-0.3, -0.25) is 9.59 Å². The Balaban J connectivity index is 1.39. The third-order valence-corrected chi connectivity index (χ3v) is 5.35. The number of carbonyl (C=O) groups is 2. The molecule has 8 nitrogen and oxygen atoms in total. The van der Waals surface area contributed by atoms with Gasteiger partial charge in [0, 0.05) is 37.9 Å². The first-order valence-electron chi connectivity index (χ1n) is 9.84. The number of aryl methyl sites for hydroxylation is 1. The minimum atomic E-state index is -0.141. The predicted octanol–water partition coefficient (Wildman–Crippen LogP) is 2.33. The lowest BCUT2D eigenvalue weighted by Crippen LogP contribution is -2.50. The molecule has 0 spiro atoms. The van der Waals surface area contributed by atoms with E-state index < -0.39 is 0 Å². The van der Waals surface area contributed by atoms with Crippen molar-refractivity contribution in [3.63, 3.8) is 0 Å². The third kappa shape index (κ3) is 4.00. The first-order chi connectivity index (χ1) is 13.6. The molecule has 1 N–H and O–H groups in total. The van der Waals surface area contributed by atoms with Crippen LogP contribution in [0.25, 0.3) is 0 Å². The second kappa shape index (κ2) is 8.00. The van der Waals surface area contributed by atoms with Crippen LogP contribution in [0.1, 0.15) is 52.4 Å². The fourth-order valence-electron chi connectivity index (χ4n) is 3.83. The van der Waals surface area contributed by atoms with Crippen molar-refractivity contribution in [1.29, 1.82) is 0 Å². The molecule has 2 aromatic rings. The van der Waals surface area contributed by atoms with Crippen molar-refractivity contribution in [1.82, 2.24) is 19.8 Å². The van der Waals surface area contributed by atoms with Crippen molar-refractivity contribution >= 4 is 17.8 Å². The number of nitrogens with one attached hydrogen (secondary N) is 1. The Morgan fingerprint density at radius 2 is 1.75 bits per heavy atom. The van der Waals surface area contributed by atoms with Gasteiger partial charge in [0.15, 0.2) is 5.76 Å². The maximum absolute atomic E-state index is 12.9. The van der Waals surface area contributed by atoms with Crippen LogP contribution in [-0.2, 0) is 0 Å². The highest BCUT2D eigenvalue weighted by atomic mass is 16.3.